The molecule has 1 amide bonds. The third-order valence-corrected chi connectivity index (χ3v) is 5.76. The van der Waals surface area contributed by atoms with E-state index in [-0.39, 0.29) is 16.2 Å². The average Bonchev–Trinajstić information content (AvgIpc) is 3.17. The number of para-hydroxylation sites is 1. The van der Waals surface area contributed by atoms with E-state index in [1.54, 1.807) is 29.3 Å². The van der Waals surface area contributed by atoms with E-state index in [1.807, 2.05) is 47.4 Å². The highest BCUT2D eigenvalue weighted by molar-refractivity contribution is 7.80. The molecule has 3 aromatic rings. The predicted octanol–water partition coefficient (Wildman–Crippen LogP) is 4.66. The Hall–Kier alpha value is -3.13. The lowest BCUT2D eigenvalue weighted by atomic mass is 10.2. The van der Waals surface area contributed by atoms with Gasteiger partial charge in [0.2, 0.25) is 5.91 Å². The summed E-state index contributed by atoms with van der Waals surface area (Å²) in [6.07, 6.45) is 4.82. The Balaban J connectivity index is 1.52. The number of carbonyl (C=O) groups excluding carboxylic acids is 1. The van der Waals surface area contributed by atoms with Crippen molar-refractivity contribution < 1.29 is 4.79 Å². The molecule has 6 nitrogen and oxygen atoms in total. The highest BCUT2D eigenvalue weighted by Crippen LogP contribution is 2.30. The Morgan fingerprint density at radius 3 is 2.59 bits per heavy atom. The van der Waals surface area contributed by atoms with Crippen LogP contribution in [0.1, 0.15) is 5.56 Å². The molecule has 1 aliphatic rings. The van der Waals surface area contributed by atoms with E-state index in [0.29, 0.717) is 23.9 Å². The van der Waals surface area contributed by atoms with E-state index in [1.165, 1.54) is 6.08 Å². The van der Waals surface area contributed by atoms with Gasteiger partial charge in [-0.1, -0.05) is 53.5 Å². The lowest BCUT2D eigenvalue weighted by molar-refractivity contribution is -0.116. The molecule has 2 heterocycles. The monoisotopic (exact) mass is 483 g/mol. The Morgan fingerprint density at radius 1 is 1.09 bits per heavy atom. The highest BCUT2D eigenvalue weighted by Gasteiger charge is 2.31. The van der Waals surface area contributed by atoms with Crippen LogP contribution in [0.15, 0.2) is 77.2 Å². The first-order valence-electron chi connectivity index (χ1n) is 9.76. The summed E-state index contributed by atoms with van der Waals surface area (Å²) in [7, 11) is 0. The van der Waals surface area contributed by atoms with E-state index in [0.717, 1.165) is 22.2 Å². The summed E-state index contributed by atoms with van der Waals surface area (Å²) in [5.74, 6) is -0.148. The molecule has 32 heavy (non-hydrogen) atoms. The van der Waals surface area contributed by atoms with Gasteiger partial charge in [-0.3, -0.25) is 9.78 Å². The van der Waals surface area contributed by atoms with Crippen LogP contribution in [0.5, 0.6) is 0 Å². The molecule has 1 aromatic heterocycles. The lowest BCUT2D eigenvalue weighted by Crippen LogP contribution is -2.38. The highest BCUT2D eigenvalue weighted by atomic mass is 35.5. The largest absolute Gasteiger partial charge is 0.399 e. The normalized spacial score (nSPS) is 13.8. The van der Waals surface area contributed by atoms with Crippen LogP contribution in [-0.4, -0.2) is 34.0 Å². The summed E-state index contributed by atoms with van der Waals surface area (Å²) in [5, 5.41) is 4.23. The van der Waals surface area contributed by atoms with Crippen LogP contribution in [0.3, 0.4) is 0 Å². The molecule has 1 fully saturated rings. The number of nitrogens with two attached hydrogens (primary N) is 1. The Bertz CT molecular complexity index is 1230. The number of thiocarbonyl (C=S) groups is 1. The minimum atomic E-state index is -0.385. The number of amides is 1. The number of pyridine rings is 1. The van der Waals surface area contributed by atoms with Crippen molar-refractivity contribution in [2.75, 3.05) is 23.7 Å². The van der Waals surface area contributed by atoms with E-state index < -0.39 is 0 Å². The molecule has 0 radical (unpaired) electrons. The summed E-state index contributed by atoms with van der Waals surface area (Å²) < 4.78 is -0.0838. The maximum Gasteiger partial charge on any atom is 0.249 e. The molecule has 0 aliphatic carbocycles. The third-order valence-electron chi connectivity index (χ3n) is 4.97. The number of carbonyl (C=O) groups is 1. The van der Waals surface area contributed by atoms with E-state index in [9.17, 15) is 4.79 Å². The van der Waals surface area contributed by atoms with Crippen molar-refractivity contribution in [2.45, 2.75) is 0 Å². The number of nitrogens with zero attached hydrogens (tertiary/aromatic N) is 3. The van der Waals surface area contributed by atoms with Crippen molar-refractivity contribution in [3.63, 3.8) is 0 Å². The van der Waals surface area contributed by atoms with Gasteiger partial charge in [-0.2, -0.15) is 0 Å². The van der Waals surface area contributed by atoms with Gasteiger partial charge in [-0.15, -0.1) is 0 Å². The summed E-state index contributed by atoms with van der Waals surface area (Å²) in [4.78, 5) is 20.7. The number of rotatable bonds is 5. The zero-order chi connectivity index (χ0) is 22.7. The van der Waals surface area contributed by atoms with Gasteiger partial charge < -0.3 is 20.9 Å². The first kappa shape index (κ1) is 22.1. The van der Waals surface area contributed by atoms with E-state index in [2.05, 4.69) is 10.3 Å². The first-order chi connectivity index (χ1) is 15.4. The number of nitrogens with one attached hydrogen (secondary N) is 1. The van der Waals surface area contributed by atoms with Gasteiger partial charge in [0, 0.05) is 36.4 Å². The number of anilines is 2. The van der Waals surface area contributed by atoms with Gasteiger partial charge in [0.25, 0.3) is 0 Å². The SMILES string of the molecule is Nc1ccc(/C=C/C(=O)NC(=C(Cl)Cl)N2CCN(c3cccc4cccnc34)C2=S)cc1. The molecule has 0 unspecified atom stereocenters. The van der Waals surface area contributed by atoms with Crippen molar-refractivity contribution in [3.8, 4) is 0 Å². The Labute approximate surface area is 200 Å². The van der Waals surface area contributed by atoms with Gasteiger partial charge in [0.1, 0.15) is 10.3 Å². The second-order valence-electron chi connectivity index (χ2n) is 7.04. The molecule has 0 bridgehead atoms. The summed E-state index contributed by atoms with van der Waals surface area (Å²) >= 11 is 17.9. The average molecular weight is 484 g/mol. The molecular weight excluding hydrogens is 465 g/mol. The van der Waals surface area contributed by atoms with Crippen molar-refractivity contribution >= 4 is 74.8 Å². The fourth-order valence-electron chi connectivity index (χ4n) is 3.43. The smallest absolute Gasteiger partial charge is 0.249 e. The maximum absolute atomic E-state index is 12.5. The number of aromatic nitrogens is 1. The van der Waals surface area contributed by atoms with Gasteiger partial charge >= 0.3 is 0 Å². The Kier molecular flexibility index (Phi) is 6.60. The molecule has 1 saturated heterocycles. The Morgan fingerprint density at radius 2 is 1.84 bits per heavy atom. The maximum atomic E-state index is 12.5. The van der Waals surface area contributed by atoms with Crippen LogP contribution < -0.4 is 16.0 Å². The lowest BCUT2D eigenvalue weighted by Gasteiger charge is -2.24. The molecule has 0 spiro atoms. The molecule has 162 valence electrons. The number of hydrogen-bond donors (Lipinski definition) is 2. The molecule has 1 aliphatic heterocycles. The number of fused-ring (bicyclic) bond motifs is 1. The van der Waals surface area contributed by atoms with E-state index in [4.69, 9.17) is 41.2 Å². The third kappa shape index (κ3) is 4.70. The number of hydrogen-bond acceptors (Lipinski definition) is 4. The van der Waals surface area contributed by atoms with Crippen molar-refractivity contribution in [1.29, 1.82) is 0 Å². The number of benzene rings is 2. The summed E-state index contributed by atoms with van der Waals surface area (Å²) in [6.45, 7) is 1.10. The zero-order valence-corrected chi connectivity index (χ0v) is 19.2. The zero-order valence-electron chi connectivity index (χ0n) is 16.8. The minimum absolute atomic E-state index is 0.0838. The molecular formula is C23H19Cl2N5OS. The van der Waals surface area contributed by atoms with E-state index >= 15 is 0 Å². The van der Waals surface area contributed by atoms with Gasteiger partial charge in [-0.05, 0) is 48.1 Å². The van der Waals surface area contributed by atoms with Crippen LogP contribution in [-0.2, 0) is 4.79 Å². The fourth-order valence-corrected chi connectivity index (χ4v) is 4.10. The van der Waals surface area contributed by atoms with Gasteiger partial charge in [-0.25, -0.2) is 0 Å². The van der Waals surface area contributed by atoms with Crippen LogP contribution in [0.2, 0.25) is 0 Å². The summed E-state index contributed by atoms with van der Waals surface area (Å²) in [6, 6.07) is 17.0. The molecule has 4 rings (SSSR count). The van der Waals surface area contributed by atoms with Gasteiger partial charge in [0.15, 0.2) is 5.11 Å². The topological polar surface area (TPSA) is 74.5 Å². The second-order valence-corrected chi connectivity index (χ2v) is 8.35. The molecule has 0 saturated carbocycles. The summed E-state index contributed by atoms with van der Waals surface area (Å²) in [5.41, 5.74) is 8.90. The minimum Gasteiger partial charge on any atom is -0.399 e. The van der Waals surface area contributed by atoms with Crippen molar-refractivity contribution in [1.82, 2.24) is 15.2 Å². The molecule has 2 aromatic carbocycles. The quantitative estimate of drug-likeness (QED) is 0.312. The van der Waals surface area contributed by atoms with Crippen LogP contribution >= 0.6 is 35.4 Å². The predicted molar refractivity (Wildman–Crippen MR) is 135 cm³/mol. The standard InChI is InChI=1S/C23H19Cl2N5OS/c24-21(25)22(28-19(31)11-8-15-6-9-17(26)10-7-15)30-14-13-29(23(30)32)18-5-1-3-16-4-2-12-27-20(16)18/h1-12H,13-14,26H2,(H,28,31)/b11-8+. The number of halogens is 2. The van der Waals surface area contributed by atoms with Crippen LogP contribution in [0, 0.1) is 0 Å². The molecule has 0 atom stereocenters. The van der Waals surface area contributed by atoms with Crippen molar-refractivity contribution in [3.05, 3.63) is 82.7 Å². The number of nitrogen functional groups attached to an aromatic ring is 1. The van der Waals surface area contributed by atoms with Crippen LogP contribution in [0.25, 0.3) is 17.0 Å². The molecule has 3 N–H and O–H groups in total. The van der Waals surface area contributed by atoms with Gasteiger partial charge in [0.05, 0.1) is 11.2 Å². The molecule has 9 heteroatoms. The van der Waals surface area contributed by atoms with Crippen molar-refractivity contribution in [2.24, 2.45) is 0 Å². The fraction of sp³-hybridized carbons (Fsp3) is 0.0870. The first-order valence-corrected chi connectivity index (χ1v) is 10.9. The second kappa shape index (κ2) is 9.56. The van der Waals surface area contributed by atoms with Crippen LogP contribution in [0.4, 0.5) is 11.4 Å².